The van der Waals surface area contributed by atoms with Crippen LogP contribution in [0.15, 0.2) is 22.8 Å². The molecular formula is C14H13Cl2FN2O4. The Morgan fingerprint density at radius 1 is 1.43 bits per heavy atom. The number of aliphatic hydroxyl groups is 1. The first kappa shape index (κ1) is 18.9. The van der Waals surface area contributed by atoms with E-state index < -0.39 is 23.1 Å². The molecule has 0 heterocycles. The summed E-state index contributed by atoms with van der Waals surface area (Å²) in [5.41, 5.74) is -0.569. The molecule has 0 atom stereocenters. The van der Waals surface area contributed by atoms with Crippen molar-refractivity contribution in [2.45, 2.75) is 6.92 Å². The second-order valence-electron chi connectivity index (χ2n) is 4.15. The number of aliphatic hydroxyl groups excluding tert-OH is 1. The average molecular weight is 363 g/mol. The number of rotatable bonds is 6. The summed E-state index contributed by atoms with van der Waals surface area (Å²) >= 11 is 11.5. The van der Waals surface area contributed by atoms with Crippen LogP contribution in [0.1, 0.15) is 12.5 Å². The van der Waals surface area contributed by atoms with Crippen LogP contribution in [0.25, 0.3) is 5.76 Å². The molecule has 1 aromatic rings. The Bertz CT molecular complexity index is 677. The van der Waals surface area contributed by atoms with Gasteiger partial charge in [-0.05, 0) is 19.1 Å². The van der Waals surface area contributed by atoms with Gasteiger partial charge in [0.15, 0.2) is 0 Å². The van der Waals surface area contributed by atoms with Gasteiger partial charge in [-0.3, -0.25) is 4.79 Å². The molecule has 0 aliphatic rings. The molecule has 1 N–H and O–H groups in total. The summed E-state index contributed by atoms with van der Waals surface area (Å²) < 4.78 is 18.4. The van der Waals surface area contributed by atoms with E-state index in [2.05, 4.69) is 5.10 Å². The fraction of sp³-hybridized carbons (Fsp3) is 0.214. The molecule has 124 valence electrons. The fourth-order valence-electron chi connectivity index (χ4n) is 1.44. The molecule has 1 amide bonds. The SMILES string of the molecule is CCOC(=O)C(/C=N/N(C)C=O)=C(/O)c1cc(F)c(Cl)cc1Cl. The summed E-state index contributed by atoms with van der Waals surface area (Å²) in [4.78, 5) is 22.4. The molecule has 1 rings (SSSR count). The monoisotopic (exact) mass is 362 g/mol. The van der Waals surface area contributed by atoms with Gasteiger partial charge < -0.3 is 9.84 Å². The molecule has 0 aliphatic heterocycles. The molecule has 0 bridgehead atoms. The zero-order valence-electron chi connectivity index (χ0n) is 12.2. The molecule has 0 aromatic heterocycles. The Morgan fingerprint density at radius 2 is 2.09 bits per heavy atom. The van der Waals surface area contributed by atoms with Gasteiger partial charge in [0.05, 0.1) is 22.9 Å². The van der Waals surface area contributed by atoms with E-state index in [0.717, 1.165) is 23.4 Å². The molecule has 23 heavy (non-hydrogen) atoms. The minimum atomic E-state index is -0.917. The fourth-order valence-corrected chi connectivity index (χ4v) is 1.92. The summed E-state index contributed by atoms with van der Waals surface area (Å²) in [6.45, 7) is 1.60. The van der Waals surface area contributed by atoms with Crippen molar-refractivity contribution in [3.8, 4) is 0 Å². The highest BCUT2D eigenvalue weighted by Gasteiger charge is 2.20. The van der Waals surface area contributed by atoms with Crippen molar-refractivity contribution >= 4 is 47.6 Å². The van der Waals surface area contributed by atoms with E-state index in [4.69, 9.17) is 27.9 Å². The largest absolute Gasteiger partial charge is 0.506 e. The molecule has 6 nitrogen and oxygen atoms in total. The maximum atomic E-state index is 13.6. The van der Waals surface area contributed by atoms with E-state index >= 15 is 0 Å². The lowest BCUT2D eigenvalue weighted by Gasteiger charge is -2.10. The van der Waals surface area contributed by atoms with Crippen molar-refractivity contribution < 1.29 is 23.8 Å². The minimum Gasteiger partial charge on any atom is -0.506 e. The molecule has 0 saturated heterocycles. The van der Waals surface area contributed by atoms with Crippen LogP contribution in [0, 0.1) is 5.82 Å². The second-order valence-corrected chi connectivity index (χ2v) is 4.97. The number of carbonyl (C=O) groups is 2. The van der Waals surface area contributed by atoms with E-state index in [-0.39, 0.29) is 22.2 Å². The number of esters is 1. The summed E-state index contributed by atoms with van der Waals surface area (Å²) in [5.74, 6) is -2.41. The lowest BCUT2D eigenvalue weighted by Crippen LogP contribution is -2.14. The summed E-state index contributed by atoms with van der Waals surface area (Å²) in [6, 6.07) is 1.96. The van der Waals surface area contributed by atoms with Gasteiger partial charge in [0.2, 0.25) is 6.41 Å². The van der Waals surface area contributed by atoms with Crippen molar-refractivity contribution in [2.75, 3.05) is 13.7 Å². The first-order valence-electron chi connectivity index (χ1n) is 6.29. The molecule has 0 spiro atoms. The Labute approximate surface area is 141 Å². The summed E-state index contributed by atoms with van der Waals surface area (Å²) in [5, 5.41) is 14.4. The molecule has 0 saturated carbocycles. The zero-order valence-corrected chi connectivity index (χ0v) is 13.7. The summed E-state index contributed by atoms with van der Waals surface area (Å²) in [6.07, 6.45) is 1.29. The number of carbonyl (C=O) groups excluding carboxylic acids is 2. The van der Waals surface area contributed by atoms with Crippen molar-refractivity contribution in [3.63, 3.8) is 0 Å². The predicted octanol–water partition coefficient (Wildman–Crippen LogP) is 3.04. The van der Waals surface area contributed by atoms with Gasteiger partial charge in [-0.25, -0.2) is 14.2 Å². The molecule has 0 radical (unpaired) electrons. The first-order valence-corrected chi connectivity index (χ1v) is 7.04. The van der Waals surface area contributed by atoms with Crippen molar-refractivity contribution in [1.29, 1.82) is 0 Å². The van der Waals surface area contributed by atoms with E-state index in [0.29, 0.717) is 6.41 Å². The van der Waals surface area contributed by atoms with Crippen LogP contribution < -0.4 is 0 Å². The van der Waals surface area contributed by atoms with Crippen molar-refractivity contribution in [3.05, 3.63) is 39.1 Å². The molecule has 0 fully saturated rings. The molecule has 1 aromatic carbocycles. The third-order valence-electron chi connectivity index (χ3n) is 2.54. The van der Waals surface area contributed by atoms with Crippen LogP contribution in [0.2, 0.25) is 10.0 Å². The van der Waals surface area contributed by atoms with E-state index in [9.17, 15) is 19.1 Å². The number of amides is 1. The van der Waals surface area contributed by atoms with Gasteiger partial charge >= 0.3 is 5.97 Å². The number of ether oxygens (including phenoxy) is 1. The van der Waals surface area contributed by atoms with Gasteiger partial charge in [-0.15, -0.1) is 0 Å². The quantitative estimate of drug-likeness (QED) is 0.160. The van der Waals surface area contributed by atoms with E-state index in [1.54, 1.807) is 6.92 Å². The Balaban J connectivity index is 3.44. The zero-order chi connectivity index (χ0) is 17.6. The maximum absolute atomic E-state index is 13.6. The Hall–Kier alpha value is -2.12. The second kappa shape index (κ2) is 8.50. The van der Waals surface area contributed by atoms with Crippen LogP contribution in [0.5, 0.6) is 0 Å². The maximum Gasteiger partial charge on any atom is 0.343 e. The first-order chi connectivity index (χ1) is 10.8. The summed E-state index contributed by atoms with van der Waals surface area (Å²) in [7, 11) is 1.32. The number of benzene rings is 1. The highest BCUT2D eigenvalue weighted by molar-refractivity contribution is 6.36. The van der Waals surface area contributed by atoms with E-state index in [1.807, 2.05) is 0 Å². The van der Waals surface area contributed by atoms with Gasteiger partial charge in [-0.1, -0.05) is 23.2 Å². The third kappa shape index (κ3) is 4.94. The highest BCUT2D eigenvalue weighted by Crippen LogP contribution is 2.29. The Morgan fingerprint density at radius 3 is 2.65 bits per heavy atom. The molecule has 9 heteroatoms. The lowest BCUT2D eigenvalue weighted by atomic mass is 10.1. The number of hydrogen-bond acceptors (Lipinski definition) is 5. The van der Waals surface area contributed by atoms with Crippen LogP contribution in [-0.2, 0) is 14.3 Å². The molecule has 0 unspecified atom stereocenters. The molecular weight excluding hydrogens is 350 g/mol. The minimum absolute atomic E-state index is 0.0374. The van der Waals surface area contributed by atoms with Gasteiger partial charge in [-0.2, -0.15) is 5.10 Å². The van der Waals surface area contributed by atoms with Gasteiger partial charge in [0, 0.05) is 12.6 Å². The normalized spacial score (nSPS) is 12.0. The highest BCUT2D eigenvalue weighted by atomic mass is 35.5. The predicted molar refractivity (Wildman–Crippen MR) is 84.9 cm³/mol. The molecule has 0 aliphatic carbocycles. The van der Waals surface area contributed by atoms with Gasteiger partial charge in [0.1, 0.15) is 17.1 Å². The van der Waals surface area contributed by atoms with E-state index in [1.165, 1.54) is 7.05 Å². The Kier molecular flexibility index (Phi) is 6.99. The van der Waals surface area contributed by atoms with Crippen LogP contribution in [-0.4, -0.2) is 42.4 Å². The number of hydrazone groups is 1. The van der Waals surface area contributed by atoms with Crippen molar-refractivity contribution in [1.82, 2.24) is 5.01 Å². The number of halogens is 3. The van der Waals surface area contributed by atoms with Crippen LogP contribution in [0.3, 0.4) is 0 Å². The standard InChI is InChI=1S/C14H13Cl2FN2O4/c1-3-23-14(22)9(6-18-19(2)7-20)13(21)8-4-12(17)11(16)5-10(8)15/h4-7,21H,3H2,1-2H3/b13-9+,18-6+. The van der Waals surface area contributed by atoms with Crippen molar-refractivity contribution in [2.24, 2.45) is 5.10 Å². The average Bonchev–Trinajstić information content (AvgIpc) is 2.50. The van der Waals surface area contributed by atoms with Crippen LogP contribution >= 0.6 is 23.2 Å². The third-order valence-corrected chi connectivity index (χ3v) is 3.14. The van der Waals surface area contributed by atoms with Gasteiger partial charge in [0.25, 0.3) is 0 Å². The number of hydrogen-bond donors (Lipinski definition) is 1. The van der Waals surface area contributed by atoms with Crippen LogP contribution in [0.4, 0.5) is 4.39 Å². The lowest BCUT2D eigenvalue weighted by molar-refractivity contribution is -0.137. The number of nitrogens with zero attached hydrogens (tertiary/aromatic N) is 2. The smallest absolute Gasteiger partial charge is 0.343 e. The topological polar surface area (TPSA) is 79.2 Å².